The largest absolute Gasteiger partial charge is 0.469 e. The van der Waals surface area contributed by atoms with Crippen LogP contribution in [0.5, 0.6) is 0 Å². The number of anilines is 1. The van der Waals surface area contributed by atoms with Crippen LogP contribution < -0.4 is 10.6 Å². The molecule has 1 saturated heterocycles. The van der Waals surface area contributed by atoms with Gasteiger partial charge in [-0.3, -0.25) is 19.3 Å². The van der Waals surface area contributed by atoms with Crippen molar-refractivity contribution in [2.45, 2.75) is 38.6 Å². The fraction of sp³-hybridized carbons (Fsp3) is 0.526. The highest BCUT2D eigenvalue weighted by Gasteiger charge is 2.33. The van der Waals surface area contributed by atoms with Gasteiger partial charge in [0.1, 0.15) is 6.04 Å². The SMILES string of the molecule is COC(=O)C[C@@H]1C(=O)NCCN1CC(=O)Nc1ccc(C(C)(C)C)cc1. The van der Waals surface area contributed by atoms with Crippen LogP contribution in [0.25, 0.3) is 0 Å². The lowest BCUT2D eigenvalue weighted by atomic mass is 9.87. The first-order valence-electron chi connectivity index (χ1n) is 8.69. The summed E-state index contributed by atoms with van der Waals surface area (Å²) >= 11 is 0. The highest BCUT2D eigenvalue weighted by Crippen LogP contribution is 2.23. The molecule has 1 aromatic rings. The van der Waals surface area contributed by atoms with Crippen LogP contribution in [-0.2, 0) is 24.5 Å². The van der Waals surface area contributed by atoms with E-state index < -0.39 is 12.0 Å². The number of piperazine rings is 1. The summed E-state index contributed by atoms with van der Waals surface area (Å²) in [5, 5.41) is 5.56. The van der Waals surface area contributed by atoms with E-state index in [-0.39, 0.29) is 30.2 Å². The van der Waals surface area contributed by atoms with Gasteiger partial charge >= 0.3 is 5.97 Å². The Morgan fingerprint density at radius 3 is 2.50 bits per heavy atom. The number of esters is 1. The molecule has 7 nitrogen and oxygen atoms in total. The molecule has 142 valence electrons. The summed E-state index contributed by atoms with van der Waals surface area (Å²) in [6.45, 7) is 7.38. The fourth-order valence-corrected chi connectivity index (χ4v) is 2.85. The molecule has 0 spiro atoms. The first-order valence-corrected chi connectivity index (χ1v) is 8.69. The zero-order valence-corrected chi connectivity index (χ0v) is 15.8. The lowest BCUT2D eigenvalue weighted by Crippen LogP contribution is -2.57. The maximum Gasteiger partial charge on any atom is 0.307 e. The number of nitrogens with one attached hydrogen (secondary N) is 2. The number of amides is 2. The zero-order chi connectivity index (χ0) is 19.3. The Hall–Kier alpha value is -2.41. The van der Waals surface area contributed by atoms with Gasteiger partial charge in [-0.2, -0.15) is 0 Å². The monoisotopic (exact) mass is 361 g/mol. The molecule has 1 fully saturated rings. The molecule has 0 unspecified atom stereocenters. The smallest absolute Gasteiger partial charge is 0.307 e. The minimum Gasteiger partial charge on any atom is -0.469 e. The first kappa shape index (κ1) is 19.9. The van der Waals surface area contributed by atoms with Crippen molar-refractivity contribution < 1.29 is 19.1 Å². The second kappa shape index (κ2) is 8.31. The van der Waals surface area contributed by atoms with E-state index >= 15 is 0 Å². The molecule has 1 heterocycles. The van der Waals surface area contributed by atoms with E-state index in [0.29, 0.717) is 18.8 Å². The molecular weight excluding hydrogens is 334 g/mol. The molecule has 26 heavy (non-hydrogen) atoms. The number of nitrogens with zero attached hydrogens (tertiary/aromatic N) is 1. The van der Waals surface area contributed by atoms with E-state index in [9.17, 15) is 14.4 Å². The number of rotatable bonds is 5. The van der Waals surface area contributed by atoms with Gasteiger partial charge in [-0.05, 0) is 23.1 Å². The van der Waals surface area contributed by atoms with E-state index in [1.54, 1.807) is 4.90 Å². The number of ether oxygens (including phenoxy) is 1. The standard InChI is InChI=1S/C19H27N3O4/c1-19(2,3)13-5-7-14(8-6-13)21-16(23)12-22-10-9-20-18(25)15(22)11-17(24)26-4/h5-8,15H,9-12H2,1-4H3,(H,20,25)(H,21,23)/t15-/m1/s1. The second-order valence-electron chi connectivity index (χ2n) is 7.43. The van der Waals surface area contributed by atoms with Crippen molar-refractivity contribution in [1.29, 1.82) is 0 Å². The number of carbonyl (C=O) groups excluding carboxylic acids is 3. The van der Waals surface area contributed by atoms with Crippen molar-refractivity contribution in [3.63, 3.8) is 0 Å². The van der Waals surface area contributed by atoms with Crippen LogP contribution in [0.1, 0.15) is 32.8 Å². The van der Waals surface area contributed by atoms with E-state index in [1.165, 1.54) is 12.7 Å². The van der Waals surface area contributed by atoms with Gasteiger partial charge in [0.05, 0.1) is 20.1 Å². The van der Waals surface area contributed by atoms with Crippen molar-refractivity contribution in [2.75, 3.05) is 32.1 Å². The van der Waals surface area contributed by atoms with Gasteiger partial charge in [-0.25, -0.2) is 0 Å². The fourth-order valence-electron chi connectivity index (χ4n) is 2.85. The highest BCUT2D eigenvalue weighted by molar-refractivity contribution is 5.93. The number of benzene rings is 1. The third-order valence-electron chi connectivity index (χ3n) is 4.41. The van der Waals surface area contributed by atoms with Gasteiger partial charge in [0.25, 0.3) is 0 Å². The Balaban J connectivity index is 1.98. The number of hydrogen-bond donors (Lipinski definition) is 2. The van der Waals surface area contributed by atoms with Crippen LogP contribution in [0, 0.1) is 0 Å². The van der Waals surface area contributed by atoms with Crippen LogP contribution in [0.4, 0.5) is 5.69 Å². The summed E-state index contributed by atoms with van der Waals surface area (Å²) in [5.41, 5.74) is 1.93. The summed E-state index contributed by atoms with van der Waals surface area (Å²) in [5.74, 6) is -0.961. The molecule has 7 heteroatoms. The normalized spacial score (nSPS) is 18.2. The summed E-state index contributed by atoms with van der Waals surface area (Å²) in [6.07, 6.45) is -0.0735. The molecule has 0 aromatic heterocycles. The van der Waals surface area contributed by atoms with Gasteiger partial charge < -0.3 is 15.4 Å². The van der Waals surface area contributed by atoms with Crippen molar-refractivity contribution >= 4 is 23.5 Å². The van der Waals surface area contributed by atoms with Crippen LogP contribution in [0.15, 0.2) is 24.3 Å². The first-order chi connectivity index (χ1) is 12.2. The van der Waals surface area contributed by atoms with E-state index in [1.807, 2.05) is 24.3 Å². The molecular formula is C19H27N3O4. The van der Waals surface area contributed by atoms with Gasteiger partial charge in [-0.15, -0.1) is 0 Å². The Kier molecular flexibility index (Phi) is 6.37. The predicted molar refractivity (Wildman–Crippen MR) is 98.8 cm³/mol. The quantitative estimate of drug-likeness (QED) is 0.772. The molecule has 2 rings (SSSR count). The van der Waals surface area contributed by atoms with Crippen LogP contribution in [0.2, 0.25) is 0 Å². The number of hydrogen-bond acceptors (Lipinski definition) is 5. The molecule has 1 aromatic carbocycles. The van der Waals surface area contributed by atoms with Crippen molar-refractivity contribution in [3.8, 4) is 0 Å². The summed E-state index contributed by atoms with van der Waals surface area (Å²) in [4.78, 5) is 37.6. The van der Waals surface area contributed by atoms with Crippen LogP contribution >= 0.6 is 0 Å². The van der Waals surface area contributed by atoms with E-state index in [4.69, 9.17) is 0 Å². The lowest BCUT2D eigenvalue weighted by molar-refractivity contribution is -0.146. The Labute approximate surface area is 154 Å². The zero-order valence-electron chi connectivity index (χ0n) is 15.8. The molecule has 0 radical (unpaired) electrons. The third-order valence-corrected chi connectivity index (χ3v) is 4.41. The van der Waals surface area contributed by atoms with Gasteiger partial charge in [0.2, 0.25) is 11.8 Å². The molecule has 0 saturated carbocycles. The van der Waals surface area contributed by atoms with Crippen molar-refractivity contribution in [1.82, 2.24) is 10.2 Å². The topological polar surface area (TPSA) is 87.7 Å². The van der Waals surface area contributed by atoms with E-state index in [0.717, 1.165) is 0 Å². The minimum atomic E-state index is -0.690. The third kappa shape index (κ3) is 5.29. The number of methoxy groups -OCH3 is 1. The molecule has 1 aliphatic heterocycles. The lowest BCUT2D eigenvalue weighted by Gasteiger charge is -2.33. The summed E-state index contributed by atoms with van der Waals surface area (Å²) in [6, 6.07) is 7.03. The second-order valence-corrected chi connectivity index (χ2v) is 7.43. The Morgan fingerprint density at radius 2 is 1.92 bits per heavy atom. The number of carbonyl (C=O) groups is 3. The molecule has 0 bridgehead atoms. The Bertz CT molecular complexity index is 664. The maximum absolute atomic E-state index is 12.4. The average molecular weight is 361 g/mol. The van der Waals surface area contributed by atoms with Gasteiger partial charge in [0.15, 0.2) is 0 Å². The van der Waals surface area contributed by atoms with Crippen LogP contribution in [-0.4, -0.2) is 55.5 Å². The van der Waals surface area contributed by atoms with Gasteiger partial charge in [-0.1, -0.05) is 32.9 Å². The molecule has 1 aliphatic rings. The predicted octanol–water partition coefficient (Wildman–Crippen LogP) is 1.29. The summed E-state index contributed by atoms with van der Waals surface area (Å²) in [7, 11) is 1.28. The Morgan fingerprint density at radius 1 is 1.27 bits per heavy atom. The minimum absolute atomic E-state index is 0.0378. The summed E-state index contributed by atoms with van der Waals surface area (Å²) < 4.78 is 4.64. The van der Waals surface area contributed by atoms with Crippen molar-refractivity contribution in [3.05, 3.63) is 29.8 Å². The molecule has 2 N–H and O–H groups in total. The maximum atomic E-state index is 12.4. The highest BCUT2D eigenvalue weighted by atomic mass is 16.5. The molecule has 2 amide bonds. The van der Waals surface area contributed by atoms with Crippen molar-refractivity contribution in [2.24, 2.45) is 0 Å². The molecule has 1 atom stereocenters. The molecule has 0 aliphatic carbocycles. The van der Waals surface area contributed by atoms with Gasteiger partial charge in [0, 0.05) is 18.8 Å². The van der Waals surface area contributed by atoms with Crippen LogP contribution in [0.3, 0.4) is 0 Å². The average Bonchev–Trinajstić information content (AvgIpc) is 2.57. The van der Waals surface area contributed by atoms with E-state index in [2.05, 4.69) is 36.1 Å².